The molecule has 1 aromatic heterocycles. The molecule has 3 nitrogen and oxygen atoms in total. The van der Waals surface area contributed by atoms with Gasteiger partial charge >= 0.3 is 5.97 Å². The van der Waals surface area contributed by atoms with Crippen LogP contribution in [0.1, 0.15) is 21.5 Å². The van der Waals surface area contributed by atoms with Gasteiger partial charge in [0, 0.05) is 10.9 Å². The Morgan fingerprint density at radius 3 is 2.43 bits per heavy atom. The molecule has 3 heteroatoms. The molecule has 0 amide bonds. The van der Waals surface area contributed by atoms with Gasteiger partial charge < -0.3 is 5.11 Å². The first kappa shape index (κ1) is 13.3. The van der Waals surface area contributed by atoms with E-state index in [4.69, 9.17) is 0 Å². The van der Waals surface area contributed by atoms with Gasteiger partial charge in [-0.15, -0.1) is 0 Å². The Hall–Kier alpha value is -2.68. The van der Waals surface area contributed by atoms with Crippen molar-refractivity contribution in [3.05, 3.63) is 65.2 Å². The smallest absolute Gasteiger partial charge is 0.336 e. The number of carbonyl (C=O) groups is 1. The molecule has 0 unspecified atom stereocenters. The van der Waals surface area contributed by atoms with Gasteiger partial charge in [-0.1, -0.05) is 36.4 Å². The molecule has 0 saturated heterocycles. The Balaban J connectivity index is 2.38. The van der Waals surface area contributed by atoms with Crippen LogP contribution in [0, 0.1) is 13.8 Å². The zero-order valence-corrected chi connectivity index (χ0v) is 11.9. The van der Waals surface area contributed by atoms with E-state index < -0.39 is 5.97 Å². The molecule has 0 fully saturated rings. The predicted molar refractivity (Wildman–Crippen MR) is 83.6 cm³/mol. The van der Waals surface area contributed by atoms with Gasteiger partial charge in [0.15, 0.2) is 0 Å². The molecule has 0 aliphatic rings. The third-order valence-electron chi connectivity index (χ3n) is 3.55. The Morgan fingerprint density at radius 2 is 1.76 bits per heavy atom. The number of pyridine rings is 1. The van der Waals surface area contributed by atoms with Crippen molar-refractivity contribution in [1.82, 2.24) is 4.98 Å². The fourth-order valence-electron chi connectivity index (χ4n) is 2.68. The summed E-state index contributed by atoms with van der Waals surface area (Å²) in [6.45, 7) is 3.91. The maximum Gasteiger partial charge on any atom is 0.336 e. The molecule has 0 radical (unpaired) electrons. The van der Waals surface area contributed by atoms with E-state index in [-0.39, 0.29) is 0 Å². The molecule has 0 aliphatic carbocycles. The molecule has 1 heterocycles. The number of rotatable bonds is 2. The molecule has 0 spiro atoms. The molecule has 0 bridgehead atoms. The maximum absolute atomic E-state index is 11.6. The van der Waals surface area contributed by atoms with Crippen LogP contribution in [0.5, 0.6) is 0 Å². The van der Waals surface area contributed by atoms with E-state index in [2.05, 4.69) is 4.98 Å². The van der Waals surface area contributed by atoms with Crippen molar-refractivity contribution in [2.45, 2.75) is 13.8 Å². The summed E-state index contributed by atoms with van der Waals surface area (Å²) >= 11 is 0. The second kappa shape index (κ2) is 5.02. The summed E-state index contributed by atoms with van der Waals surface area (Å²) in [6.07, 6.45) is 0. The number of carboxylic acid groups (broad SMARTS) is 1. The predicted octanol–water partition coefficient (Wildman–Crippen LogP) is 4.22. The van der Waals surface area contributed by atoms with E-state index in [0.717, 1.165) is 22.2 Å². The van der Waals surface area contributed by atoms with Crippen LogP contribution in [-0.4, -0.2) is 16.1 Å². The minimum atomic E-state index is -0.925. The van der Waals surface area contributed by atoms with Gasteiger partial charge in [-0.25, -0.2) is 9.78 Å². The van der Waals surface area contributed by atoms with Crippen LogP contribution < -0.4 is 0 Å². The topological polar surface area (TPSA) is 50.2 Å². The number of carboxylic acids is 1. The first-order valence-electron chi connectivity index (χ1n) is 6.77. The monoisotopic (exact) mass is 277 g/mol. The highest BCUT2D eigenvalue weighted by Crippen LogP contribution is 2.28. The molecule has 0 saturated carbocycles. The van der Waals surface area contributed by atoms with Crippen LogP contribution in [-0.2, 0) is 0 Å². The van der Waals surface area contributed by atoms with Crippen molar-refractivity contribution in [2.24, 2.45) is 0 Å². The summed E-state index contributed by atoms with van der Waals surface area (Å²) < 4.78 is 0. The Kier molecular flexibility index (Phi) is 3.18. The van der Waals surface area contributed by atoms with Crippen LogP contribution in [0.2, 0.25) is 0 Å². The van der Waals surface area contributed by atoms with Crippen molar-refractivity contribution < 1.29 is 9.90 Å². The van der Waals surface area contributed by atoms with Gasteiger partial charge in [-0.2, -0.15) is 0 Å². The molecule has 0 atom stereocenters. The molecular formula is C18H15NO2. The number of aromatic carboxylic acids is 1. The van der Waals surface area contributed by atoms with Gasteiger partial charge in [-0.3, -0.25) is 0 Å². The molecule has 1 N–H and O–H groups in total. The number of nitrogens with zero attached hydrogens (tertiary/aromatic N) is 1. The van der Waals surface area contributed by atoms with Crippen LogP contribution in [0.3, 0.4) is 0 Å². The highest BCUT2D eigenvalue weighted by molar-refractivity contribution is 6.05. The average molecular weight is 277 g/mol. The summed E-state index contributed by atoms with van der Waals surface area (Å²) in [6, 6.07) is 15.2. The summed E-state index contributed by atoms with van der Waals surface area (Å²) in [4.78, 5) is 16.3. The van der Waals surface area contributed by atoms with Crippen molar-refractivity contribution >= 4 is 16.9 Å². The Morgan fingerprint density at radius 1 is 1.05 bits per heavy atom. The Labute approximate surface area is 122 Å². The first-order valence-corrected chi connectivity index (χ1v) is 6.77. The van der Waals surface area contributed by atoms with Crippen LogP contribution >= 0.6 is 0 Å². The number of aryl methyl sites for hydroxylation is 2. The van der Waals surface area contributed by atoms with E-state index in [1.54, 1.807) is 6.07 Å². The van der Waals surface area contributed by atoms with Crippen molar-refractivity contribution in [3.63, 3.8) is 0 Å². The lowest BCUT2D eigenvalue weighted by atomic mass is 9.99. The second-order valence-electron chi connectivity index (χ2n) is 5.20. The molecular weight excluding hydrogens is 262 g/mol. The minimum Gasteiger partial charge on any atom is -0.478 e. The van der Waals surface area contributed by atoms with Crippen molar-refractivity contribution in [3.8, 4) is 11.3 Å². The third-order valence-corrected chi connectivity index (χ3v) is 3.55. The van der Waals surface area contributed by atoms with Gasteiger partial charge in [0.1, 0.15) is 0 Å². The first-order chi connectivity index (χ1) is 10.1. The Bertz CT molecular complexity index is 839. The minimum absolute atomic E-state index is 0.302. The molecule has 3 rings (SSSR count). The van der Waals surface area contributed by atoms with E-state index >= 15 is 0 Å². The van der Waals surface area contributed by atoms with E-state index in [1.807, 2.05) is 56.3 Å². The summed E-state index contributed by atoms with van der Waals surface area (Å²) in [7, 11) is 0. The number of fused-ring (bicyclic) bond motifs is 1. The summed E-state index contributed by atoms with van der Waals surface area (Å²) in [5, 5.41) is 10.2. The highest BCUT2D eigenvalue weighted by Gasteiger charge is 2.15. The van der Waals surface area contributed by atoms with Gasteiger partial charge in [-0.05, 0) is 37.1 Å². The van der Waals surface area contributed by atoms with Crippen LogP contribution in [0.25, 0.3) is 22.2 Å². The molecule has 2 aromatic carbocycles. The van der Waals surface area contributed by atoms with Crippen LogP contribution in [0.4, 0.5) is 0 Å². The van der Waals surface area contributed by atoms with Crippen molar-refractivity contribution in [1.29, 1.82) is 0 Å². The lowest BCUT2D eigenvalue weighted by Gasteiger charge is -2.10. The lowest BCUT2D eigenvalue weighted by molar-refractivity contribution is 0.0699. The summed E-state index contributed by atoms with van der Waals surface area (Å²) in [5.74, 6) is -0.925. The number of hydrogen-bond acceptors (Lipinski definition) is 2. The largest absolute Gasteiger partial charge is 0.478 e. The third kappa shape index (κ3) is 2.38. The quantitative estimate of drug-likeness (QED) is 0.763. The highest BCUT2D eigenvalue weighted by atomic mass is 16.4. The zero-order chi connectivity index (χ0) is 15.0. The lowest BCUT2D eigenvalue weighted by Crippen LogP contribution is -2.02. The fourth-order valence-corrected chi connectivity index (χ4v) is 2.68. The maximum atomic E-state index is 11.6. The molecule has 104 valence electrons. The zero-order valence-electron chi connectivity index (χ0n) is 11.9. The normalized spacial score (nSPS) is 10.8. The van der Waals surface area contributed by atoms with Crippen LogP contribution in [0.15, 0.2) is 48.5 Å². The second-order valence-corrected chi connectivity index (χ2v) is 5.20. The molecule has 3 aromatic rings. The number of benzene rings is 2. The summed E-state index contributed by atoms with van der Waals surface area (Å²) in [5.41, 5.74) is 4.65. The molecule has 0 aliphatic heterocycles. The van der Waals surface area contributed by atoms with Gasteiger partial charge in [0.05, 0.1) is 16.8 Å². The number of aromatic nitrogens is 1. The molecule has 21 heavy (non-hydrogen) atoms. The number of hydrogen-bond donors (Lipinski definition) is 1. The van der Waals surface area contributed by atoms with E-state index in [1.165, 1.54) is 0 Å². The van der Waals surface area contributed by atoms with E-state index in [9.17, 15) is 9.90 Å². The SMILES string of the molecule is Cc1cc(C)c2c(C(=O)O)cc(-c3ccccc3)nc2c1. The standard InChI is InChI=1S/C18H15NO2/c1-11-8-12(2)17-14(18(20)21)10-15(19-16(17)9-11)13-6-4-3-5-7-13/h3-10H,1-2H3,(H,20,21). The van der Waals surface area contributed by atoms with E-state index in [0.29, 0.717) is 16.6 Å². The van der Waals surface area contributed by atoms with Crippen molar-refractivity contribution in [2.75, 3.05) is 0 Å². The van der Waals surface area contributed by atoms with Gasteiger partial charge in [0.25, 0.3) is 0 Å². The average Bonchev–Trinajstić information content (AvgIpc) is 2.46. The van der Waals surface area contributed by atoms with Gasteiger partial charge in [0.2, 0.25) is 0 Å². The fraction of sp³-hybridized carbons (Fsp3) is 0.111.